The maximum absolute atomic E-state index is 9.82. The first-order valence-electron chi connectivity index (χ1n) is 8.83. The highest BCUT2D eigenvalue weighted by Crippen LogP contribution is 2.31. The topological polar surface area (TPSA) is 112 Å². The van der Waals surface area contributed by atoms with E-state index in [1.54, 1.807) is 18.5 Å². The second kappa shape index (κ2) is 7.17. The lowest BCUT2D eigenvalue weighted by molar-refractivity contribution is 0.00706. The van der Waals surface area contributed by atoms with Crippen LogP contribution < -0.4 is 9.47 Å². The molecule has 2 aliphatic heterocycles. The van der Waals surface area contributed by atoms with Gasteiger partial charge in [0.1, 0.15) is 29.9 Å². The zero-order valence-electron chi connectivity index (χ0n) is 14.6. The van der Waals surface area contributed by atoms with E-state index in [1.807, 2.05) is 12.1 Å². The number of aromatic nitrogens is 4. The first kappa shape index (κ1) is 17.6. The van der Waals surface area contributed by atoms with Crippen molar-refractivity contribution in [3.05, 3.63) is 41.2 Å². The predicted octanol–water partition coefficient (Wildman–Crippen LogP) is 1.49. The molecule has 2 fully saturated rings. The summed E-state index contributed by atoms with van der Waals surface area (Å²) in [6, 6.07) is 5.68. The summed E-state index contributed by atoms with van der Waals surface area (Å²) in [7, 11) is 0. The summed E-state index contributed by atoms with van der Waals surface area (Å²) in [5.74, 6) is 0.288. The van der Waals surface area contributed by atoms with Gasteiger partial charge in [-0.2, -0.15) is 9.97 Å². The summed E-state index contributed by atoms with van der Waals surface area (Å²) in [6.07, 6.45) is 1.71. The van der Waals surface area contributed by atoms with Crippen LogP contribution in [0.25, 0.3) is 11.2 Å². The van der Waals surface area contributed by atoms with Crippen LogP contribution in [0, 0.1) is 0 Å². The molecule has 0 amide bonds. The van der Waals surface area contributed by atoms with Gasteiger partial charge in [-0.05, 0) is 23.8 Å². The van der Waals surface area contributed by atoms with Crippen LogP contribution in [0.3, 0.4) is 0 Å². The summed E-state index contributed by atoms with van der Waals surface area (Å²) >= 11 is 6.28. The largest absolute Gasteiger partial charge is 0.472 e. The van der Waals surface area contributed by atoms with Crippen molar-refractivity contribution < 1.29 is 24.1 Å². The molecule has 28 heavy (non-hydrogen) atoms. The van der Waals surface area contributed by atoms with Crippen LogP contribution in [0.2, 0.25) is 5.02 Å². The maximum Gasteiger partial charge on any atom is 0.296 e. The molecule has 0 unspecified atom stereocenters. The molecule has 146 valence electrons. The minimum Gasteiger partial charge on any atom is -0.472 e. The van der Waals surface area contributed by atoms with Gasteiger partial charge in [-0.25, -0.2) is 0 Å². The molecule has 0 spiro atoms. The number of pyridine rings is 2. The van der Waals surface area contributed by atoms with Gasteiger partial charge in [0, 0.05) is 12.4 Å². The van der Waals surface area contributed by atoms with E-state index in [0.717, 1.165) is 5.56 Å². The molecule has 4 atom stereocenters. The standard InChI is InChI=1S/C18H17ClN4O5/c19-10-5-11-16(22-17(10)27-6-9-1-3-20-4-2-9)23-18(21-11)28-13-8-26-14-12(24)7-25-15(13)14/h1-5,12-15,24H,6-8H2,(H,21,22,23)/t12-,13-,14-,15-/m1/s1. The Hall–Kier alpha value is -2.46. The highest BCUT2D eigenvalue weighted by atomic mass is 35.5. The van der Waals surface area contributed by atoms with E-state index in [4.69, 9.17) is 30.5 Å². The van der Waals surface area contributed by atoms with E-state index in [1.165, 1.54) is 0 Å². The van der Waals surface area contributed by atoms with Crippen LogP contribution in [0.15, 0.2) is 30.6 Å². The molecule has 0 aromatic carbocycles. The van der Waals surface area contributed by atoms with E-state index in [-0.39, 0.29) is 36.8 Å². The molecule has 5 rings (SSSR count). The Morgan fingerprint density at radius 3 is 2.86 bits per heavy atom. The van der Waals surface area contributed by atoms with Crippen molar-refractivity contribution in [2.45, 2.75) is 31.0 Å². The minimum absolute atomic E-state index is 0.241. The lowest BCUT2D eigenvalue weighted by Crippen LogP contribution is -2.34. The third kappa shape index (κ3) is 3.26. The Labute approximate surface area is 164 Å². The number of aliphatic hydroxyl groups is 1. The van der Waals surface area contributed by atoms with Crippen molar-refractivity contribution in [3.63, 3.8) is 0 Å². The number of hydrogen-bond acceptors (Lipinski definition) is 8. The summed E-state index contributed by atoms with van der Waals surface area (Å²) in [6.45, 7) is 0.874. The lowest BCUT2D eigenvalue weighted by atomic mass is 10.1. The van der Waals surface area contributed by atoms with Crippen molar-refractivity contribution in [2.75, 3.05) is 13.2 Å². The molecule has 3 aromatic heterocycles. The van der Waals surface area contributed by atoms with Gasteiger partial charge in [-0.15, -0.1) is 0 Å². The fraction of sp³-hybridized carbons (Fsp3) is 0.389. The first-order valence-corrected chi connectivity index (χ1v) is 9.21. The van der Waals surface area contributed by atoms with Crippen LogP contribution in [0.1, 0.15) is 5.56 Å². The van der Waals surface area contributed by atoms with E-state index < -0.39 is 6.10 Å². The van der Waals surface area contributed by atoms with Crippen LogP contribution in [0.4, 0.5) is 0 Å². The molecule has 10 heteroatoms. The Morgan fingerprint density at radius 2 is 2.00 bits per heavy atom. The summed E-state index contributed by atoms with van der Waals surface area (Å²) in [5, 5.41) is 10.2. The van der Waals surface area contributed by atoms with Crippen LogP contribution in [-0.2, 0) is 16.1 Å². The number of aromatic amines is 1. The monoisotopic (exact) mass is 404 g/mol. The zero-order valence-corrected chi connectivity index (χ0v) is 15.4. The Balaban J connectivity index is 1.32. The second-order valence-corrected chi connectivity index (χ2v) is 7.06. The molecule has 0 saturated carbocycles. The zero-order chi connectivity index (χ0) is 19.1. The molecule has 9 nitrogen and oxygen atoms in total. The number of nitrogens with one attached hydrogen (secondary N) is 1. The number of rotatable bonds is 5. The number of aliphatic hydroxyl groups excluding tert-OH is 1. The van der Waals surface area contributed by atoms with Crippen molar-refractivity contribution in [1.82, 2.24) is 19.9 Å². The Bertz CT molecular complexity index is 985. The van der Waals surface area contributed by atoms with E-state index in [0.29, 0.717) is 29.4 Å². The fourth-order valence-electron chi connectivity index (χ4n) is 3.36. The average molecular weight is 405 g/mol. The van der Waals surface area contributed by atoms with Gasteiger partial charge in [-0.1, -0.05) is 11.6 Å². The highest BCUT2D eigenvalue weighted by molar-refractivity contribution is 6.32. The molecule has 2 saturated heterocycles. The molecule has 5 heterocycles. The molecule has 0 radical (unpaired) electrons. The highest BCUT2D eigenvalue weighted by Gasteiger charge is 2.48. The molecular weight excluding hydrogens is 388 g/mol. The third-order valence-corrected chi connectivity index (χ3v) is 5.01. The first-order chi connectivity index (χ1) is 13.7. The Morgan fingerprint density at radius 1 is 1.18 bits per heavy atom. The number of hydrogen-bond donors (Lipinski definition) is 2. The molecular formula is C18H17ClN4O5. The normalized spacial score (nSPS) is 26.5. The number of fused-ring (bicyclic) bond motifs is 2. The van der Waals surface area contributed by atoms with E-state index >= 15 is 0 Å². The van der Waals surface area contributed by atoms with Gasteiger partial charge >= 0.3 is 0 Å². The average Bonchev–Trinajstić information content (AvgIpc) is 3.38. The molecule has 0 bridgehead atoms. The number of nitrogens with zero attached hydrogens (tertiary/aromatic N) is 3. The molecule has 3 aromatic rings. The fourth-order valence-corrected chi connectivity index (χ4v) is 3.56. The summed E-state index contributed by atoms with van der Waals surface area (Å²) in [5.41, 5.74) is 2.00. The molecule has 2 aliphatic rings. The van der Waals surface area contributed by atoms with Crippen molar-refractivity contribution in [3.8, 4) is 11.9 Å². The van der Waals surface area contributed by atoms with Crippen LogP contribution in [0.5, 0.6) is 11.9 Å². The number of ether oxygens (including phenoxy) is 4. The van der Waals surface area contributed by atoms with Crippen molar-refractivity contribution >= 4 is 22.8 Å². The quantitative estimate of drug-likeness (QED) is 0.658. The second-order valence-electron chi connectivity index (χ2n) is 6.65. The smallest absolute Gasteiger partial charge is 0.296 e. The number of H-pyrrole nitrogens is 1. The van der Waals surface area contributed by atoms with Crippen molar-refractivity contribution in [2.24, 2.45) is 0 Å². The van der Waals surface area contributed by atoms with E-state index in [2.05, 4.69) is 19.9 Å². The van der Waals surface area contributed by atoms with Crippen molar-refractivity contribution in [1.29, 1.82) is 0 Å². The lowest BCUT2D eigenvalue weighted by Gasteiger charge is -2.15. The van der Waals surface area contributed by atoms with Gasteiger partial charge in [0.15, 0.2) is 11.8 Å². The van der Waals surface area contributed by atoms with Gasteiger partial charge in [0.25, 0.3) is 6.01 Å². The van der Waals surface area contributed by atoms with Gasteiger partial charge in [0.05, 0.1) is 18.7 Å². The maximum atomic E-state index is 9.82. The summed E-state index contributed by atoms with van der Waals surface area (Å²) in [4.78, 5) is 15.7. The number of halogens is 1. The van der Waals surface area contributed by atoms with Crippen LogP contribution in [-0.4, -0.2) is 62.7 Å². The summed E-state index contributed by atoms with van der Waals surface area (Å²) < 4.78 is 22.7. The SMILES string of the molecule is O[C@@H]1CO[C@H]2[C@@H]1OC[C@H]2Oc1nc2nc(OCc3ccncc3)c(Cl)cc2[nH]1. The van der Waals surface area contributed by atoms with Gasteiger partial charge in [0.2, 0.25) is 5.88 Å². The number of imidazole rings is 1. The predicted molar refractivity (Wildman–Crippen MR) is 97.4 cm³/mol. The minimum atomic E-state index is -0.630. The van der Waals surface area contributed by atoms with Gasteiger partial charge in [-0.3, -0.25) is 4.98 Å². The van der Waals surface area contributed by atoms with E-state index in [9.17, 15) is 5.11 Å². The molecule has 2 N–H and O–H groups in total. The third-order valence-electron chi connectivity index (χ3n) is 4.74. The Kier molecular flexibility index (Phi) is 4.52. The van der Waals surface area contributed by atoms with Gasteiger partial charge < -0.3 is 29.0 Å². The molecule has 0 aliphatic carbocycles. The van der Waals surface area contributed by atoms with Crippen LogP contribution >= 0.6 is 11.6 Å².